The predicted octanol–water partition coefficient (Wildman–Crippen LogP) is 4.97. The minimum Gasteiger partial charge on any atom is -0.504 e. The first-order chi connectivity index (χ1) is 13.0. The molecule has 0 spiro atoms. The van der Waals surface area contributed by atoms with Gasteiger partial charge in [-0.05, 0) is 42.8 Å². The second kappa shape index (κ2) is 8.33. The topological polar surface area (TPSA) is 59.0 Å². The minimum absolute atomic E-state index is 0.0101. The number of ether oxygens (including phenoxy) is 2. The molecule has 1 fully saturated rings. The van der Waals surface area contributed by atoms with Gasteiger partial charge in [-0.1, -0.05) is 52.0 Å². The summed E-state index contributed by atoms with van der Waals surface area (Å²) in [5.41, 5.74) is 1.26. The number of methoxy groups -OCH3 is 1. The molecule has 0 saturated carbocycles. The fourth-order valence-electron chi connectivity index (χ4n) is 2.57. The number of benzene rings is 2. The highest BCUT2D eigenvalue weighted by molar-refractivity contribution is 9.10. The number of thiocarbonyl (C=S) groups is 1. The molecular weight excluding hydrogens is 450 g/mol. The molecule has 1 heterocycles. The summed E-state index contributed by atoms with van der Waals surface area (Å²) < 4.78 is 11.8. The zero-order valence-corrected chi connectivity index (χ0v) is 17.8. The summed E-state index contributed by atoms with van der Waals surface area (Å²) >= 11 is 10.1. The number of rotatable bonds is 5. The quantitative estimate of drug-likeness (QED) is 0.496. The highest BCUT2D eigenvalue weighted by Gasteiger charge is 2.35. The van der Waals surface area contributed by atoms with Crippen LogP contribution < -0.4 is 14.4 Å². The molecule has 1 saturated heterocycles. The molecule has 5 nitrogen and oxygen atoms in total. The van der Waals surface area contributed by atoms with Gasteiger partial charge in [0.2, 0.25) is 0 Å². The maximum Gasteiger partial charge on any atom is 0.270 e. The van der Waals surface area contributed by atoms with Gasteiger partial charge in [0.05, 0.1) is 24.3 Å². The first kappa shape index (κ1) is 19.7. The molecule has 1 aliphatic rings. The van der Waals surface area contributed by atoms with Crippen LogP contribution in [0, 0.1) is 0 Å². The Bertz CT molecular complexity index is 945. The van der Waals surface area contributed by atoms with Gasteiger partial charge in [0.1, 0.15) is 5.75 Å². The van der Waals surface area contributed by atoms with Gasteiger partial charge in [-0.25, -0.2) is 0 Å². The summed E-state index contributed by atoms with van der Waals surface area (Å²) in [6, 6.07) is 10.5. The Morgan fingerprint density at radius 3 is 2.74 bits per heavy atom. The number of nitrogens with zero attached hydrogens (tertiary/aromatic N) is 1. The molecule has 0 unspecified atom stereocenters. The monoisotopic (exact) mass is 465 g/mol. The van der Waals surface area contributed by atoms with Crippen molar-refractivity contribution in [1.29, 1.82) is 0 Å². The van der Waals surface area contributed by atoms with Crippen LogP contribution in [0.5, 0.6) is 17.2 Å². The standard InChI is InChI=1S/C19H16BrNO4S2/c1-3-25-15-7-5-4-6-13(15)21-18(23)17(27-19(21)26)9-11-8-14(22)16(24-2)10-12(11)20/h4-10,22H,3H2,1-2H3/b17-9+. The SMILES string of the molecule is CCOc1ccccc1N1C(=O)/C(=C\c2cc(O)c(OC)cc2Br)SC1=S. The first-order valence-electron chi connectivity index (χ1n) is 8.02. The van der Waals surface area contributed by atoms with Gasteiger partial charge in [0.25, 0.3) is 5.91 Å². The number of carbonyl (C=O) groups is 1. The fraction of sp³-hybridized carbons (Fsp3) is 0.158. The van der Waals surface area contributed by atoms with Crippen LogP contribution in [0.1, 0.15) is 12.5 Å². The first-order valence-corrected chi connectivity index (χ1v) is 10.0. The van der Waals surface area contributed by atoms with Crippen LogP contribution in [0.3, 0.4) is 0 Å². The summed E-state index contributed by atoms with van der Waals surface area (Å²) in [4.78, 5) is 14.9. The number of carbonyl (C=O) groups excluding carboxylic acids is 1. The number of thioether (sulfide) groups is 1. The molecule has 0 atom stereocenters. The van der Waals surface area contributed by atoms with E-state index in [1.807, 2.05) is 19.1 Å². The molecule has 1 N–H and O–H groups in total. The van der Waals surface area contributed by atoms with E-state index in [4.69, 9.17) is 21.7 Å². The molecule has 0 bridgehead atoms. The van der Waals surface area contributed by atoms with E-state index in [1.54, 1.807) is 24.3 Å². The second-order valence-corrected chi connectivity index (χ2v) is 7.99. The van der Waals surface area contributed by atoms with Gasteiger partial charge < -0.3 is 14.6 Å². The van der Waals surface area contributed by atoms with E-state index in [9.17, 15) is 9.90 Å². The zero-order chi connectivity index (χ0) is 19.6. The number of phenolic OH excluding ortho intramolecular Hbond substituents is 1. The molecule has 1 aliphatic heterocycles. The van der Waals surface area contributed by atoms with Gasteiger partial charge in [-0.3, -0.25) is 9.69 Å². The summed E-state index contributed by atoms with van der Waals surface area (Å²) in [7, 11) is 1.47. The average molecular weight is 466 g/mol. The largest absolute Gasteiger partial charge is 0.504 e. The van der Waals surface area contributed by atoms with Crippen molar-refractivity contribution in [2.45, 2.75) is 6.92 Å². The van der Waals surface area contributed by atoms with Crippen molar-refractivity contribution in [3.05, 3.63) is 51.3 Å². The van der Waals surface area contributed by atoms with Crippen molar-refractivity contribution in [2.75, 3.05) is 18.6 Å². The van der Waals surface area contributed by atoms with Gasteiger partial charge in [0.15, 0.2) is 15.8 Å². The summed E-state index contributed by atoms with van der Waals surface area (Å²) in [5, 5.41) is 10.0. The summed E-state index contributed by atoms with van der Waals surface area (Å²) in [6.45, 7) is 2.37. The van der Waals surface area contributed by atoms with Gasteiger partial charge in [-0.15, -0.1) is 0 Å². The molecule has 27 heavy (non-hydrogen) atoms. The summed E-state index contributed by atoms with van der Waals surface area (Å²) in [6.07, 6.45) is 1.69. The van der Waals surface area contributed by atoms with Gasteiger partial charge >= 0.3 is 0 Å². The third kappa shape index (κ3) is 3.97. The molecule has 0 aromatic heterocycles. The Labute approximate surface area is 175 Å². The third-order valence-corrected chi connectivity index (χ3v) is 5.77. The lowest BCUT2D eigenvalue weighted by Crippen LogP contribution is -2.28. The van der Waals surface area contributed by atoms with Crippen LogP contribution in [-0.4, -0.2) is 29.1 Å². The van der Waals surface area contributed by atoms with Crippen LogP contribution in [-0.2, 0) is 4.79 Å². The molecule has 3 rings (SSSR count). The number of halogens is 1. The highest BCUT2D eigenvalue weighted by Crippen LogP contribution is 2.41. The van der Waals surface area contributed by atoms with Crippen LogP contribution >= 0.6 is 39.9 Å². The number of aromatic hydroxyl groups is 1. The lowest BCUT2D eigenvalue weighted by Gasteiger charge is -2.18. The Morgan fingerprint density at radius 1 is 1.30 bits per heavy atom. The molecule has 0 aliphatic carbocycles. The van der Waals surface area contributed by atoms with Crippen molar-refractivity contribution < 1.29 is 19.4 Å². The second-order valence-electron chi connectivity index (χ2n) is 5.46. The fourth-order valence-corrected chi connectivity index (χ4v) is 4.28. The van der Waals surface area contributed by atoms with E-state index in [0.717, 1.165) is 0 Å². The van der Waals surface area contributed by atoms with Gasteiger partial charge in [-0.2, -0.15) is 0 Å². The van der Waals surface area contributed by atoms with Crippen molar-refractivity contribution in [2.24, 2.45) is 0 Å². The van der Waals surface area contributed by atoms with E-state index in [-0.39, 0.29) is 11.7 Å². The van der Waals surface area contributed by atoms with Gasteiger partial charge in [0, 0.05) is 4.47 Å². The molecule has 2 aromatic rings. The van der Waals surface area contributed by atoms with Crippen molar-refractivity contribution in [3.8, 4) is 17.2 Å². The van der Waals surface area contributed by atoms with E-state index in [0.29, 0.717) is 43.1 Å². The summed E-state index contributed by atoms with van der Waals surface area (Å²) in [5.74, 6) is 0.696. The highest BCUT2D eigenvalue weighted by atomic mass is 79.9. The average Bonchev–Trinajstić information content (AvgIpc) is 2.92. The molecule has 8 heteroatoms. The Hall–Kier alpha value is -2.03. The van der Waals surface area contributed by atoms with E-state index >= 15 is 0 Å². The number of phenols is 1. The smallest absolute Gasteiger partial charge is 0.270 e. The number of anilines is 1. The number of hydrogen-bond acceptors (Lipinski definition) is 6. The van der Waals surface area contributed by atoms with E-state index < -0.39 is 0 Å². The van der Waals surface area contributed by atoms with Crippen LogP contribution in [0.15, 0.2) is 45.8 Å². The number of hydrogen-bond donors (Lipinski definition) is 1. The maximum atomic E-state index is 13.0. The molecular formula is C19H16BrNO4S2. The van der Waals surface area contributed by atoms with Crippen LogP contribution in [0.2, 0.25) is 0 Å². The maximum absolute atomic E-state index is 13.0. The molecule has 0 radical (unpaired) electrons. The predicted molar refractivity (Wildman–Crippen MR) is 116 cm³/mol. The van der Waals surface area contributed by atoms with E-state index in [2.05, 4.69) is 15.9 Å². The Morgan fingerprint density at radius 2 is 2.04 bits per heavy atom. The molecule has 140 valence electrons. The van der Waals surface area contributed by atoms with Crippen molar-refractivity contribution in [1.82, 2.24) is 0 Å². The number of amides is 1. The molecule has 1 amide bonds. The normalized spacial score (nSPS) is 15.5. The van der Waals surface area contributed by atoms with E-state index in [1.165, 1.54) is 29.8 Å². The van der Waals surface area contributed by atoms with Crippen LogP contribution in [0.4, 0.5) is 5.69 Å². The minimum atomic E-state index is -0.237. The lowest BCUT2D eigenvalue weighted by atomic mass is 10.2. The van der Waals surface area contributed by atoms with Crippen molar-refractivity contribution in [3.63, 3.8) is 0 Å². The van der Waals surface area contributed by atoms with Crippen molar-refractivity contribution >= 4 is 61.9 Å². The Kier molecular flexibility index (Phi) is 6.08. The zero-order valence-electron chi connectivity index (χ0n) is 14.6. The lowest BCUT2D eigenvalue weighted by molar-refractivity contribution is -0.113. The molecule has 2 aromatic carbocycles. The van der Waals surface area contributed by atoms with Crippen LogP contribution in [0.25, 0.3) is 6.08 Å². The number of para-hydroxylation sites is 2. The third-order valence-electron chi connectivity index (χ3n) is 3.78. The Balaban J connectivity index is 1.98.